The van der Waals surface area contributed by atoms with Crippen LogP contribution in [-0.4, -0.2) is 8.42 Å². The Morgan fingerprint density at radius 3 is 2.38 bits per heavy atom. The Labute approximate surface area is 151 Å². The molecule has 0 aliphatic rings. The van der Waals surface area contributed by atoms with Crippen LogP contribution in [0.25, 0.3) is 10.8 Å². The second kappa shape index (κ2) is 6.73. The highest BCUT2D eigenvalue weighted by Gasteiger charge is 2.21. The Hall–Kier alpha value is -1.59. The third-order valence-electron chi connectivity index (χ3n) is 3.79. The predicted molar refractivity (Wildman–Crippen MR) is 99.1 cm³/mol. The Morgan fingerprint density at radius 2 is 1.62 bits per heavy atom. The normalized spacial score (nSPS) is 13.1. The van der Waals surface area contributed by atoms with Gasteiger partial charge in [-0.2, -0.15) is 0 Å². The van der Waals surface area contributed by atoms with E-state index in [0.29, 0.717) is 5.02 Å². The quantitative estimate of drug-likeness (QED) is 0.677. The van der Waals surface area contributed by atoms with Gasteiger partial charge in [0.15, 0.2) is 0 Å². The number of fused-ring (bicyclic) bond motifs is 1. The van der Waals surface area contributed by atoms with Gasteiger partial charge in [0.1, 0.15) is 4.90 Å². The van der Waals surface area contributed by atoms with Gasteiger partial charge in [-0.1, -0.05) is 59.6 Å². The zero-order valence-electron chi connectivity index (χ0n) is 12.8. The fraction of sp³-hybridized carbons (Fsp3) is 0.111. The standard InChI is InChI=1S/C18H15Cl2NO2S/c1-12(14-7-6-13-4-2-3-5-15(13)10-14)21-24(22,23)18-11-16(19)8-9-17(18)20/h2-12,21H,1H3. The van der Waals surface area contributed by atoms with Crippen molar-refractivity contribution in [1.29, 1.82) is 0 Å². The van der Waals surface area contributed by atoms with Gasteiger partial charge in [-0.25, -0.2) is 13.1 Å². The van der Waals surface area contributed by atoms with E-state index in [0.717, 1.165) is 16.3 Å². The van der Waals surface area contributed by atoms with E-state index in [1.165, 1.54) is 12.1 Å². The maximum Gasteiger partial charge on any atom is 0.242 e. The number of nitrogens with one attached hydrogen (secondary N) is 1. The van der Waals surface area contributed by atoms with Crippen molar-refractivity contribution in [3.8, 4) is 0 Å². The van der Waals surface area contributed by atoms with Crippen LogP contribution in [-0.2, 0) is 10.0 Å². The van der Waals surface area contributed by atoms with Gasteiger partial charge in [0.05, 0.1) is 5.02 Å². The molecule has 24 heavy (non-hydrogen) atoms. The molecule has 0 bridgehead atoms. The number of benzene rings is 3. The van der Waals surface area contributed by atoms with Crippen molar-refractivity contribution >= 4 is 44.0 Å². The largest absolute Gasteiger partial charge is 0.242 e. The molecular formula is C18H15Cl2NO2S. The third kappa shape index (κ3) is 3.57. The lowest BCUT2D eigenvalue weighted by Crippen LogP contribution is -2.27. The average Bonchev–Trinajstić information content (AvgIpc) is 2.56. The minimum atomic E-state index is -3.78. The smallest absolute Gasteiger partial charge is 0.207 e. The topological polar surface area (TPSA) is 46.2 Å². The van der Waals surface area contributed by atoms with E-state index in [2.05, 4.69) is 4.72 Å². The van der Waals surface area contributed by atoms with Crippen molar-refractivity contribution in [2.24, 2.45) is 0 Å². The van der Waals surface area contributed by atoms with Crippen LogP contribution in [0.1, 0.15) is 18.5 Å². The van der Waals surface area contributed by atoms with Crippen LogP contribution >= 0.6 is 23.2 Å². The Kier molecular flexibility index (Phi) is 4.83. The summed E-state index contributed by atoms with van der Waals surface area (Å²) in [5, 5.41) is 2.62. The molecule has 0 aromatic heterocycles. The molecule has 0 spiro atoms. The number of hydrogen-bond acceptors (Lipinski definition) is 2. The van der Waals surface area contributed by atoms with Gasteiger partial charge in [0.25, 0.3) is 0 Å². The predicted octanol–water partition coefficient (Wildman–Crippen LogP) is 5.19. The van der Waals surface area contributed by atoms with E-state index in [9.17, 15) is 8.42 Å². The first-order chi connectivity index (χ1) is 11.4. The minimum Gasteiger partial charge on any atom is -0.207 e. The Morgan fingerprint density at radius 1 is 0.917 bits per heavy atom. The fourth-order valence-electron chi connectivity index (χ4n) is 2.52. The van der Waals surface area contributed by atoms with Gasteiger partial charge >= 0.3 is 0 Å². The molecule has 0 heterocycles. The first-order valence-electron chi connectivity index (χ1n) is 7.33. The van der Waals surface area contributed by atoms with Crippen LogP contribution in [0.5, 0.6) is 0 Å². The molecular weight excluding hydrogens is 365 g/mol. The molecule has 3 nitrogen and oxygen atoms in total. The van der Waals surface area contributed by atoms with Gasteiger partial charge in [0.2, 0.25) is 10.0 Å². The monoisotopic (exact) mass is 379 g/mol. The van der Waals surface area contributed by atoms with E-state index >= 15 is 0 Å². The molecule has 1 N–H and O–H groups in total. The summed E-state index contributed by atoms with van der Waals surface area (Å²) in [6, 6.07) is 17.7. The highest BCUT2D eigenvalue weighted by Crippen LogP contribution is 2.27. The van der Waals surface area contributed by atoms with Crippen molar-refractivity contribution in [3.63, 3.8) is 0 Å². The Bertz CT molecular complexity index is 1000. The molecule has 0 amide bonds. The molecule has 124 valence electrons. The van der Waals surface area contributed by atoms with Crippen molar-refractivity contribution in [2.75, 3.05) is 0 Å². The zero-order valence-corrected chi connectivity index (χ0v) is 15.2. The van der Waals surface area contributed by atoms with Gasteiger partial charge in [0, 0.05) is 11.1 Å². The van der Waals surface area contributed by atoms with E-state index < -0.39 is 16.1 Å². The lowest BCUT2D eigenvalue weighted by molar-refractivity contribution is 0.567. The Balaban J connectivity index is 1.92. The second-order valence-corrected chi connectivity index (χ2v) is 8.05. The summed E-state index contributed by atoms with van der Waals surface area (Å²) in [5.41, 5.74) is 0.871. The molecule has 0 aliphatic carbocycles. The summed E-state index contributed by atoms with van der Waals surface area (Å²) in [6.07, 6.45) is 0. The summed E-state index contributed by atoms with van der Waals surface area (Å²) in [7, 11) is -3.78. The van der Waals surface area contributed by atoms with Crippen molar-refractivity contribution < 1.29 is 8.42 Å². The van der Waals surface area contributed by atoms with E-state index in [1.54, 1.807) is 13.0 Å². The molecule has 6 heteroatoms. The fourth-order valence-corrected chi connectivity index (χ4v) is 4.52. The molecule has 3 aromatic rings. The van der Waals surface area contributed by atoms with Crippen LogP contribution in [0.2, 0.25) is 10.0 Å². The maximum atomic E-state index is 12.6. The summed E-state index contributed by atoms with van der Waals surface area (Å²) >= 11 is 11.9. The summed E-state index contributed by atoms with van der Waals surface area (Å²) in [5.74, 6) is 0. The first-order valence-corrected chi connectivity index (χ1v) is 9.57. The average molecular weight is 380 g/mol. The molecule has 0 aliphatic heterocycles. The van der Waals surface area contributed by atoms with Crippen LogP contribution < -0.4 is 4.72 Å². The third-order valence-corrected chi connectivity index (χ3v) is 6.05. The molecule has 3 aromatic carbocycles. The highest BCUT2D eigenvalue weighted by molar-refractivity contribution is 7.89. The number of rotatable bonds is 4. The van der Waals surface area contributed by atoms with Gasteiger partial charge in [-0.05, 0) is 47.5 Å². The van der Waals surface area contributed by atoms with Crippen LogP contribution in [0.4, 0.5) is 0 Å². The SMILES string of the molecule is CC(NS(=O)(=O)c1cc(Cl)ccc1Cl)c1ccc2ccccc2c1. The van der Waals surface area contributed by atoms with E-state index in [-0.39, 0.29) is 9.92 Å². The molecule has 1 atom stereocenters. The van der Waals surface area contributed by atoms with Gasteiger partial charge in [-0.3, -0.25) is 0 Å². The van der Waals surface area contributed by atoms with Crippen molar-refractivity contribution in [2.45, 2.75) is 17.9 Å². The number of halogens is 2. The number of sulfonamides is 1. The number of hydrogen-bond donors (Lipinski definition) is 1. The summed E-state index contributed by atoms with van der Waals surface area (Å²) in [4.78, 5) is -0.0238. The lowest BCUT2D eigenvalue weighted by Gasteiger charge is -2.16. The summed E-state index contributed by atoms with van der Waals surface area (Å²) in [6.45, 7) is 1.79. The van der Waals surface area contributed by atoms with E-state index in [4.69, 9.17) is 23.2 Å². The van der Waals surface area contributed by atoms with Crippen molar-refractivity contribution in [3.05, 3.63) is 76.3 Å². The van der Waals surface area contributed by atoms with Crippen LogP contribution in [0.3, 0.4) is 0 Å². The highest BCUT2D eigenvalue weighted by atomic mass is 35.5. The zero-order chi connectivity index (χ0) is 17.3. The van der Waals surface area contributed by atoms with Gasteiger partial charge in [-0.15, -0.1) is 0 Å². The summed E-state index contributed by atoms with van der Waals surface area (Å²) < 4.78 is 27.8. The second-order valence-electron chi connectivity index (χ2n) is 5.52. The van der Waals surface area contributed by atoms with Crippen LogP contribution in [0, 0.1) is 0 Å². The molecule has 0 radical (unpaired) electrons. The lowest BCUT2D eigenvalue weighted by atomic mass is 10.0. The minimum absolute atomic E-state index is 0.0238. The molecule has 0 fully saturated rings. The molecule has 0 saturated heterocycles. The molecule has 0 saturated carbocycles. The first kappa shape index (κ1) is 17.2. The maximum absolute atomic E-state index is 12.6. The molecule has 3 rings (SSSR count). The van der Waals surface area contributed by atoms with Crippen LogP contribution in [0.15, 0.2) is 65.6 Å². The van der Waals surface area contributed by atoms with Crippen molar-refractivity contribution in [1.82, 2.24) is 4.72 Å². The van der Waals surface area contributed by atoms with E-state index in [1.807, 2.05) is 42.5 Å². The molecule has 1 unspecified atom stereocenters. The van der Waals surface area contributed by atoms with Gasteiger partial charge < -0.3 is 0 Å².